The van der Waals surface area contributed by atoms with Crippen LogP contribution in [0.4, 0.5) is 0 Å². The number of nitrogens with one attached hydrogen (secondary N) is 2. The van der Waals surface area contributed by atoms with Gasteiger partial charge in [0.15, 0.2) is 0 Å². The van der Waals surface area contributed by atoms with Gasteiger partial charge in [-0.05, 0) is 11.8 Å². The molecule has 5 nitrogen and oxygen atoms in total. The summed E-state index contributed by atoms with van der Waals surface area (Å²) < 4.78 is 26.1. The molecule has 82 valence electrons. The molecular weight excluding hydrogens is 204 g/mol. The molecule has 0 bridgehead atoms. The fourth-order valence-electron chi connectivity index (χ4n) is 1.46. The average Bonchev–Trinajstić information content (AvgIpc) is 1.92. The summed E-state index contributed by atoms with van der Waals surface area (Å²) in [7, 11) is -3.57. The van der Waals surface area contributed by atoms with E-state index in [0.29, 0.717) is 6.42 Å². The topological polar surface area (TPSA) is 75.3 Å². The van der Waals surface area contributed by atoms with E-state index in [1.54, 1.807) is 0 Å². The average molecular weight is 220 g/mol. The van der Waals surface area contributed by atoms with Crippen LogP contribution in [-0.4, -0.2) is 20.9 Å². The maximum absolute atomic E-state index is 11.4. The molecule has 0 saturated carbocycles. The summed E-state index contributed by atoms with van der Waals surface area (Å²) in [5, 5.41) is 0. The van der Waals surface area contributed by atoms with Crippen LogP contribution in [0, 0.1) is 11.3 Å². The molecule has 0 aromatic carbocycles. The molecule has 1 aliphatic heterocycles. The first-order valence-corrected chi connectivity index (χ1v) is 5.99. The molecule has 14 heavy (non-hydrogen) atoms. The van der Waals surface area contributed by atoms with Crippen molar-refractivity contribution in [1.82, 2.24) is 9.44 Å². The SMILES string of the molecule is CC(C)(C)CC1CNS(=O)(=O)NC1=O. The Morgan fingerprint density at radius 1 is 1.43 bits per heavy atom. The minimum atomic E-state index is -3.57. The number of carbonyl (C=O) groups is 1. The van der Waals surface area contributed by atoms with Gasteiger partial charge in [-0.25, -0.2) is 4.72 Å². The number of amides is 1. The van der Waals surface area contributed by atoms with E-state index in [4.69, 9.17) is 0 Å². The molecule has 1 saturated heterocycles. The molecule has 0 aliphatic carbocycles. The maximum Gasteiger partial charge on any atom is 0.301 e. The van der Waals surface area contributed by atoms with Gasteiger partial charge in [-0.15, -0.1) is 0 Å². The molecule has 0 aromatic heterocycles. The van der Waals surface area contributed by atoms with Gasteiger partial charge in [-0.2, -0.15) is 13.1 Å². The number of hydrogen-bond acceptors (Lipinski definition) is 3. The third-order valence-corrected chi connectivity index (χ3v) is 3.00. The van der Waals surface area contributed by atoms with Crippen LogP contribution in [0.15, 0.2) is 0 Å². The minimum Gasteiger partial charge on any atom is -0.274 e. The first kappa shape index (κ1) is 11.5. The standard InChI is InChI=1S/C8H16N2O3S/c1-8(2,3)4-6-5-9-14(12,13)10-7(6)11/h6,9H,4-5H2,1-3H3,(H,10,11). The highest BCUT2D eigenvalue weighted by Gasteiger charge is 2.32. The number of hydrogen-bond donors (Lipinski definition) is 2. The number of rotatable bonds is 1. The maximum atomic E-state index is 11.4. The zero-order chi connectivity index (χ0) is 11.0. The van der Waals surface area contributed by atoms with Gasteiger partial charge in [-0.3, -0.25) is 4.79 Å². The highest BCUT2D eigenvalue weighted by molar-refractivity contribution is 7.88. The monoisotopic (exact) mass is 220 g/mol. The Morgan fingerprint density at radius 3 is 2.43 bits per heavy atom. The molecule has 2 N–H and O–H groups in total. The zero-order valence-electron chi connectivity index (χ0n) is 8.62. The fourth-order valence-corrected chi connectivity index (χ4v) is 2.38. The van der Waals surface area contributed by atoms with Crippen LogP contribution < -0.4 is 9.44 Å². The van der Waals surface area contributed by atoms with Gasteiger partial charge in [0.1, 0.15) is 0 Å². The third kappa shape index (κ3) is 3.26. The molecule has 0 spiro atoms. The summed E-state index contributed by atoms with van der Waals surface area (Å²) in [5.41, 5.74) is 0.0186. The molecule has 1 amide bonds. The predicted octanol–water partition coefficient (Wildman–Crippen LogP) is 0.00300. The van der Waals surface area contributed by atoms with Crippen molar-refractivity contribution in [3.05, 3.63) is 0 Å². The van der Waals surface area contributed by atoms with Crippen LogP contribution in [-0.2, 0) is 15.0 Å². The van der Waals surface area contributed by atoms with Gasteiger partial charge in [0.25, 0.3) is 0 Å². The Kier molecular flexibility index (Phi) is 2.87. The third-order valence-electron chi connectivity index (χ3n) is 1.98. The van der Waals surface area contributed by atoms with E-state index in [2.05, 4.69) is 4.72 Å². The minimum absolute atomic E-state index is 0.0186. The molecule has 1 unspecified atom stereocenters. The van der Waals surface area contributed by atoms with Crippen molar-refractivity contribution >= 4 is 16.1 Å². The summed E-state index contributed by atoms with van der Waals surface area (Å²) in [6.45, 7) is 6.25. The van der Waals surface area contributed by atoms with E-state index in [-0.39, 0.29) is 17.9 Å². The van der Waals surface area contributed by atoms with Gasteiger partial charge in [0, 0.05) is 6.54 Å². The van der Waals surface area contributed by atoms with Crippen LogP contribution in [0.5, 0.6) is 0 Å². The summed E-state index contributed by atoms with van der Waals surface area (Å²) >= 11 is 0. The van der Waals surface area contributed by atoms with Crippen molar-refractivity contribution in [3.63, 3.8) is 0 Å². The Labute approximate surface area is 84.4 Å². The van der Waals surface area contributed by atoms with Crippen molar-refractivity contribution in [2.24, 2.45) is 11.3 Å². The smallest absolute Gasteiger partial charge is 0.274 e. The Morgan fingerprint density at radius 2 is 2.00 bits per heavy atom. The van der Waals surface area contributed by atoms with E-state index < -0.39 is 16.1 Å². The van der Waals surface area contributed by atoms with Gasteiger partial charge in [0.2, 0.25) is 5.91 Å². The highest BCUT2D eigenvalue weighted by atomic mass is 32.2. The summed E-state index contributed by atoms with van der Waals surface area (Å²) in [6, 6.07) is 0. The lowest BCUT2D eigenvalue weighted by Gasteiger charge is -2.28. The van der Waals surface area contributed by atoms with Crippen molar-refractivity contribution in [3.8, 4) is 0 Å². The summed E-state index contributed by atoms with van der Waals surface area (Å²) in [4.78, 5) is 11.4. The lowest BCUT2D eigenvalue weighted by Crippen LogP contribution is -2.53. The lowest BCUT2D eigenvalue weighted by atomic mass is 9.84. The van der Waals surface area contributed by atoms with E-state index in [9.17, 15) is 13.2 Å². The van der Waals surface area contributed by atoms with Crippen LogP contribution in [0.3, 0.4) is 0 Å². The number of carbonyl (C=O) groups excluding carboxylic acids is 1. The normalized spacial score (nSPS) is 27.1. The predicted molar refractivity (Wildman–Crippen MR) is 52.6 cm³/mol. The highest BCUT2D eigenvalue weighted by Crippen LogP contribution is 2.25. The molecule has 1 heterocycles. The first-order valence-electron chi connectivity index (χ1n) is 4.51. The van der Waals surface area contributed by atoms with Crippen LogP contribution in [0.1, 0.15) is 27.2 Å². The fraction of sp³-hybridized carbons (Fsp3) is 0.875. The van der Waals surface area contributed by atoms with Crippen molar-refractivity contribution in [1.29, 1.82) is 0 Å². The van der Waals surface area contributed by atoms with Crippen molar-refractivity contribution in [2.45, 2.75) is 27.2 Å². The second-order valence-corrected chi connectivity index (χ2v) is 6.28. The second kappa shape index (κ2) is 3.51. The Hall–Kier alpha value is -0.620. The van der Waals surface area contributed by atoms with Crippen LogP contribution >= 0.6 is 0 Å². The first-order chi connectivity index (χ1) is 6.20. The molecule has 0 radical (unpaired) electrons. The van der Waals surface area contributed by atoms with Crippen molar-refractivity contribution in [2.75, 3.05) is 6.54 Å². The molecule has 1 aliphatic rings. The van der Waals surface area contributed by atoms with E-state index >= 15 is 0 Å². The summed E-state index contributed by atoms with van der Waals surface area (Å²) in [6.07, 6.45) is 0.668. The van der Waals surface area contributed by atoms with Crippen molar-refractivity contribution < 1.29 is 13.2 Å². The molecule has 1 atom stereocenters. The van der Waals surface area contributed by atoms with Crippen LogP contribution in [0.25, 0.3) is 0 Å². The zero-order valence-corrected chi connectivity index (χ0v) is 9.44. The Bertz CT molecular complexity index is 329. The molecular formula is C8H16N2O3S. The summed E-state index contributed by atoms with van der Waals surface area (Å²) in [5.74, 6) is -0.669. The van der Waals surface area contributed by atoms with Gasteiger partial charge in [0.05, 0.1) is 5.92 Å². The van der Waals surface area contributed by atoms with Crippen LogP contribution in [0.2, 0.25) is 0 Å². The second-order valence-electron chi connectivity index (χ2n) is 4.78. The van der Waals surface area contributed by atoms with Gasteiger partial charge in [-0.1, -0.05) is 20.8 Å². The Balaban J connectivity index is 2.64. The largest absolute Gasteiger partial charge is 0.301 e. The van der Waals surface area contributed by atoms with Gasteiger partial charge >= 0.3 is 10.2 Å². The quantitative estimate of drug-likeness (QED) is 0.653. The molecule has 0 aromatic rings. The molecule has 1 rings (SSSR count). The molecule has 6 heteroatoms. The van der Waals surface area contributed by atoms with Gasteiger partial charge < -0.3 is 0 Å². The molecule has 1 fully saturated rings. The van der Waals surface area contributed by atoms with E-state index in [0.717, 1.165) is 0 Å². The van der Waals surface area contributed by atoms with E-state index in [1.807, 2.05) is 25.5 Å². The lowest BCUT2D eigenvalue weighted by molar-refractivity contribution is -0.124. The van der Waals surface area contributed by atoms with E-state index in [1.165, 1.54) is 0 Å².